The molecule has 4 rings (SSSR count). The van der Waals surface area contributed by atoms with Crippen LogP contribution in [0.5, 0.6) is 0 Å². The van der Waals surface area contributed by atoms with Crippen LogP contribution in [0.15, 0.2) is 24.3 Å². The van der Waals surface area contributed by atoms with E-state index in [9.17, 15) is 9.59 Å². The number of carbonyl (C=O) groups excluding carboxylic acids is 2. The summed E-state index contributed by atoms with van der Waals surface area (Å²) >= 11 is 0. The summed E-state index contributed by atoms with van der Waals surface area (Å²) < 4.78 is 5.71. The van der Waals surface area contributed by atoms with Crippen LogP contribution in [0.1, 0.15) is 87.8 Å². The predicted octanol–water partition coefficient (Wildman–Crippen LogP) is 4.93. The summed E-state index contributed by atoms with van der Waals surface area (Å²) in [6, 6.07) is 7.58. The minimum Gasteiger partial charge on any atom is -0.376 e. The number of benzene rings is 1. The van der Waals surface area contributed by atoms with Crippen LogP contribution in [0.25, 0.3) is 0 Å². The topological polar surface area (TPSA) is 58.6 Å². The highest BCUT2D eigenvalue weighted by Gasteiger charge is 2.35. The van der Waals surface area contributed by atoms with Crippen molar-refractivity contribution in [3.63, 3.8) is 0 Å². The average Bonchev–Trinajstić information content (AvgIpc) is 3.57. The molecular formula is C27H40N2O3. The first-order valence-corrected chi connectivity index (χ1v) is 12.9. The lowest BCUT2D eigenvalue weighted by atomic mass is 9.97. The van der Waals surface area contributed by atoms with Gasteiger partial charge in [-0.15, -0.1) is 0 Å². The van der Waals surface area contributed by atoms with Gasteiger partial charge in [-0.3, -0.25) is 9.59 Å². The molecule has 5 nitrogen and oxygen atoms in total. The van der Waals surface area contributed by atoms with Crippen LogP contribution in [-0.4, -0.2) is 42.5 Å². The van der Waals surface area contributed by atoms with Crippen molar-refractivity contribution >= 4 is 11.8 Å². The van der Waals surface area contributed by atoms with Crippen molar-refractivity contribution in [2.75, 3.05) is 19.7 Å². The zero-order valence-corrected chi connectivity index (χ0v) is 19.7. The SMILES string of the molecule is Cc1ccc(C(C(=O)NCC2CCCO2)N(CC2CCCC2)C(=O)CC2CCCC2)cc1. The molecule has 2 atom stereocenters. The zero-order chi connectivity index (χ0) is 22.3. The lowest BCUT2D eigenvalue weighted by molar-refractivity contribution is -0.142. The fraction of sp³-hybridized carbons (Fsp3) is 0.704. The van der Waals surface area contributed by atoms with Gasteiger partial charge in [0, 0.05) is 26.1 Å². The molecule has 2 amide bonds. The number of nitrogens with one attached hydrogen (secondary N) is 1. The van der Waals surface area contributed by atoms with Crippen LogP contribution in [0, 0.1) is 18.8 Å². The van der Waals surface area contributed by atoms with Gasteiger partial charge in [-0.2, -0.15) is 0 Å². The summed E-state index contributed by atoms with van der Waals surface area (Å²) in [7, 11) is 0. The molecular weight excluding hydrogens is 400 g/mol. The zero-order valence-electron chi connectivity index (χ0n) is 19.7. The van der Waals surface area contributed by atoms with Crippen molar-refractivity contribution in [1.29, 1.82) is 0 Å². The molecule has 1 aromatic rings. The quantitative estimate of drug-likeness (QED) is 0.592. The molecule has 2 aliphatic carbocycles. The van der Waals surface area contributed by atoms with E-state index in [1.807, 2.05) is 29.2 Å². The molecule has 0 spiro atoms. The largest absolute Gasteiger partial charge is 0.376 e. The molecule has 176 valence electrons. The van der Waals surface area contributed by atoms with Gasteiger partial charge in [0.25, 0.3) is 0 Å². The summed E-state index contributed by atoms with van der Waals surface area (Å²) in [5.74, 6) is 1.06. The van der Waals surface area contributed by atoms with Gasteiger partial charge in [-0.25, -0.2) is 0 Å². The maximum absolute atomic E-state index is 13.7. The first kappa shape index (κ1) is 23.3. The molecule has 1 aromatic carbocycles. The van der Waals surface area contributed by atoms with E-state index in [2.05, 4.69) is 12.2 Å². The second-order valence-corrected chi connectivity index (χ2v) is 10.2. The van der Waals surface area contributed by atoms with Gasteiger partial charge >= 0.3 is 0 Å². The Labute approximate surface area is 193 Å². The molecule has 2 saturated carbocycles. The van der Waals surface area contributed by atoms with E-state index in [4.69, 9.17) is 4.74 Å². The van der Waals surface area contributed by atoms with Crippen molar-refractivity contribution in [2.45, 2.75) is 89.7 Å². The molecule has 0 bridgehead atoms. The number of rotatable bonds is 9. The van der Waals surface area contributed by atoms with Crippen LogP contribution >= 0.6 is 0 Å². The molecule has 1 heterocycles. The number of carbonyl (C=O) groups is 2. The van der Waals surface area contributed by atoms with Crippen molar-refractivity contribution in [3.05, 3.63) is 35.4 Å². The summed E-state index contributed by atoms with van der Waals surface area (Å²) in [4.78, 5) is 29.2. The second kappa shape index (κ2) is 11.3. The summed E-state index contributed by atoms with van der Waals surface area (Å²) in [5.41, 5.74) is 2.07. The third-order valence-corrected chi connectivity index (χ3v) is 7.67. The Morgan fingerprint density at radius 3 is 2.25 bits per heavy atom. The van der Waals surface area contributed by atoms with Gasteiger partial charge in [-0.1, -0.05) is 55.5 Å². The Bertz CT molecular complexity index is 745. The molecule has 5 heteroatoms. The first-order chi connectivity index (χ1) is 15.6. The van der Waals surface area contributed by atoms with Crippen LogP contribution < -0.4 is 5.32 Å². The standard InChI is InChI=1S/C27H40N2O3/c1-20-12-14-23(15-13-20)26(27(31)28-18-24-11-6-16-32-24)29(19-22-9-4-5-10-22)25(30)17-21-7-2-3-8-21/h12-15,21-22,24,26H,2-11,16-19H2,1H3,(H,28,31). The lowest BCUT2D eigenvalue weighted by Gasteiger charge is -2.34. The maximum Gasteiger partial charge on any atom is 0.247 e. The highest BCUT2D eigenvalue weighted by molar-refractivity contribution is 5.89. The fourth-order valence-electron chi connectivity index (χ4n) is 5.74. The van der Waals surface area contributed by atoms with Crippen LogP contribution in [0.3, 0.4) is 0 Å². The Morgan fingerprint density at radius 2 is 1.62 bits per heavy atom. The number of nitrogens with zero attached hydrogens (tertiary/aromatic N) is 1. The summed E-state index contributed by atoms with van der Waals surface area (Å²) in [5, 5.41) is 3.13. The Balaban J connectivity index is 1.56. The van der Waals surface area contributed by atoms with E-state index in [1.54, 1.807) is 0 Å². The highest BCUT2D eigenvalue weighted by Crippen LogP contribution is 2.33. The van der Waals surface area contributed by atoms with E-state index < -0.39 is 6.04 Å². The van der Waals surface area contributed by atoms with Gasteiger partial charge in [0.2, 0.25) is 11.8 Å². The Morgan fingerprint density at radius 1 is 0.969 bits per heavy atom. The average molecular weight is 441 g/mol. The summed E-state index contributed by atoms with van der Waals surface area (Å²) in [6.07, 6.45) is 12.2. The molecule has 1 saturated heterocycles. The molecule has 0 radical (unpaired) electrons. The minimum atomic E-state index is -0.563. The molecule has 1 N–H and O–H groups in total. The molecule has 32 heavy (non-hydrogen) atoms. The fourth-order valence-corrected chi connectivity index (χ4v) is 5.74. The minimum absolute atomic E-state index is 0.0675. The predicted molar refractivity (Wildman–Crippen MR) is 126 cm³/mol. The number of hydrogen-bond donors (Lipinski definition) is 1. The first-order valence-electron chi connectivity index (χ1n) is 12.9. The number of amides is 2. The van der Waals surface area contributed by atoms with E-state index in [-0.39, 0.29) is 17.9 Å². The third kappa shape index (κ3) is 6.12. The van der Waals surface area contributed by atoms with Crippen molar-refractivity contribution in [1.82, 2.24) is 10.2 Å². The van der Waals surface area contributed by atoms with Crippen molar-refractivity contribution in [3.8, 4) is 0 Å². The molecule has 2 unspecified atom stereocenters. The normalized spacial score (nSPS) is 22.8. The van der Waals surface area contributed by atoms with Gasteiger partial charge in [0.1, 0.15) is 6.04 Å². The van der Waals surface area contributed by atoms with Gasteiger partial charge < -0.3 is 15.0 Å². The molecule has 0 aromatic heterocycles. The number of aryl methyl sites for hydroxylation is 1. The Hall–Kier alpha value is -1.88. The third-order valence-electron chi connectivity index (χ3n) is 7.67. The van der Waals surface area contributed by atoms with Crippen LogP contribution in [-0.2, 0) is 14.3 Å². The summed E-state index contributed by atoms with van der Waals surface area (Å²) in [6.45, 7) is 4.04. The maximum atomic E-state index is 13.7. The Kier molecular flexibility index (Phi) is 8.23. The van der Waals surface area contributed by atoms with E-state index >= 15 is 0 Å². The smallest absolute Gasteiger partial charge is 0.247 e. The van der Waals surface area contributed by atoms with Crippen molar-refractivity contribution < 1.29 is 14.3 Å². The molecule has 3 fully saturated rings. The van der Waals surface area contributed by atoms with E-state index in [0.29, 0.717) is 31.3 Å². The van der Waals surface area contributed by atoms with Crippen LogP contribution in [0.4, 0.5) is 0 Å². The lowest BCUT2D eigenvalue weighted by Crippen LogP contribution is -2.47. The van der Waals surface area contributed by atoms with E-state index in [0.717, 1.165) is 56.3 Å². The van der Waals surface area contributed by atoms with Crippen molar-refractivity contribution in [2.24, 2.45) is 11.8 Å². The van der Waals surface area contributed by atoms with Gasteiger partial charge in [0.05, 0.1) is 6.10 Å². The van der Waals surface area contributed by atoms with Gasteiger partial charge in [-0.05, 0) is 62.8 Å². The van der Waals surface area contributed by atoms with E-state index in [1.165, 1.54) is 25.7 Å². The number of ether oxygens (including phenoxy) is 1. The molecule has 1 aliphatic heterocycles. The number of hydrogen-bond acceptors (Lipinski definition) is 3. The van der Waals surface area contributed by atoms with Gasteiger partial charge in [0.15, 0.2) is 0 Å². The monoisotopic (exact) mass is 440 g/mol. The molecule has 3 aliphatic rings. The highest BCUT2D eigenvalue weighted by atomic mass is 16.5. The van der Waals surface area contributed by atoms with Crippen LogP contribution in [0.2, 0.25) is 0 Å². The second-order valence-electron chi connectivity index (χ2n) is 10.2.